The van der Waals surface area contributed by atoms with Crippen molar-refractivity contribution in [2.75, 3.05) is 48.3 Å². The molecule has 41 heavy (non-hydrogen) atoms. The highest BCUT2D eigenvalue weighted by molar-refractivity contribution is 7.21. The molecule has 3 heterocycles. The van der Waals surface area contributed by atoms with E-state index in [1.807, 2.05) is 73.7 Å². The lowest BCUT2D eigenvalue weighted by Gasteiger charge is -2.34. The fourth-order valence-electron chi connectivity index (χ4n) is 4.95. The number of rotatable bonds is 6. The summed E-state index contributed by atoms with van der Waals surface area (Å²) in [6, 6.07) is 24.4. The number of halogens is 1. The molecule has 208 valence electrons. The highest BCUT2D eigenvalue weighted by Crippen LogP contribution is 2.37. The van der Waals surface area contributed by atoms with Crippen LogP contribution in [0.5, 0.6) is 0 Å². The summed E-state index contributed by atoms with van der Waals surface area (Å²) in [5.41, 5.74) is 4.45. The van der Waals surface area contributed by atoms with Crippen molar-refractivity contribution in [3.05, 3.63) is 99.9 Å². The lowest BCUT2D eigenvalue weighted by atomic mass is 10.1. The summed E-state index contributed by atoms with van der Waals surface area (Å²) in [7, 11) is 2.13. The smallest absolute Gasteiger partial charge is 0.265 e. The second-order valence-electron chi connectivity index (χ2n) is 10.1. The molecule has 0 saturated carbocycles. The van der Waals surface area contributed by atoms with Crippen LogP contribution in [0.2, 0.25) is 5.02 Å². The summed E-state index contributed by atoms with van der Waals surface area (Å²) in [4.78, 5) is 34.0. The van der Waals surface area contributed by atoms with E-state index in [0.717, 1.165) is 37.4 Å². The average Bonchev–Trinajstić information content (AvgIpc) is 3.58. The van der Waals surface area contributed by atoms with Crippen molar-refractivity contribution in [2.45, 2.75) is 6.92 Å². The number of nitrogens with zero attached hydrogens (tertiary/aromatic N) is 4. The van der Waals surface area contributed by atoms with Crippen molar-refractivity contribution in [1.29, 1.82) is 0 Å². The van der Waals surface area contributed by atoms with Gasteiger partial charge in [0.15, 0.2) is 5.82 Å². The molecule has 0 aliphatic carbocycles. The number of benzene rings is 3. The fraction of sp³-hybridized carbons (Fsp3) is 0.194. The summed E-state index contributed by atoms with van der Waals surface area (Å²) in [5, 5.41) is 10.9. The number of nitrogens with one attached hydrogen (secondary N) is 2. The van der Waals surface area contributed by atoms with Crippen molar-refractivity contribution in [3.63, 3.8) is 0 Å². The lowest BCUT2D eigenvalue weighted by molar-refractivity contribution is 0.0996. The number of fused-ring (bicyclic) bond motifs is 1. The molecule has 0 unspecified atom stereocenters. The number of carbonyl (C=O) groups excluding carboxylic acids is 2. The molecule has 2 aromatic heterocycles. The predicted octanol–water partition coefficient (Wildman–Crippen LogP) is 6.57. The number of hydrogen-bond donors (Lipinski definition) is 2. The van der Waals surface area contributed by atoms with Gasteiger partial charge >= 0.3 is 0 Å². The number of piperazine rings is 1. The second-order valence-corrected chi connectivity index (χ2v) is 11.6. The van der Waals surface area contributed by atoms with Gasteiger partial charge in [0.2, 0.25) is 0 Å². The minimum Gasteiger partial charge on any atom is -0.369 e. The van der Waals surface area contributed by atoms with Crippen molar-refractivity contribution < 1.29 is 9.59 Å². The number of para-hydroxylation sites is 2. The molecule has 6 rings (SSSR count). The van der Waals surface area contributed by atoms with Crippen molar-refractivity contribution >= 4 is 67.8 Å². The van der Waals surface area contributed by atoms with Gasteiger partial charge in [0, 0.05) is 37.4 Å². The molecule has 0 bridgehead atoms. The molecule has 8 nitrogen and oxygen atoms in total. The Morgan fingerprint density at radius 2 is 1.71 bits per heavy atom. The third kappa shape index (κ3) is 5.44. The second kappa shape index (κ2) is 11.4. The molecule has 2 amide bonds. The number of thiophene rings is 1. The SMILES string of the molecule is Cc1cccc(Cl)c1NC(=O)c1cc2[nH]nc(N(C(=O)c3ccc(N4CCN(C)CC4)cc3)c3ccccc3)c2s1. The number of anilines is 4. The van der Waals surface area contributed by atoms with E-state index < -0.39 is 0 Å². The number of aromatic nitrogens is 2. The molecule has 1 aliphatic rings. The van der Waals surface area contributed by atoms with Crippen LogP contribution < -0.4 is 15.1 Å². The number of aryl methyl sites for hydroxylation is 1. The first-order valence-corrected chi connectivity index (χ1v) is 14.6. The van der Waals surface area contributed by atoms with Gasteiger partial charge in [-0.2, -0.15) is 5.10 Å². The van der Waals surface area contributed by atoms with E-state index in [1.165, 1.54) is 11.3 Å². The third-order valence-electron chi connectivity index (χ3n) is 7.31. The Balaban J connectivity index is 1.31. The Morgan fingerprint density at radius 3 is 2.41 bits per heavy atom. The summed E-state index contributed by atoms with van der Waals surface area (Å²) in [6.07, 6.45) is 0. The van der Waals surface area contributed by atoms with Crippen LogP contribution in [0.1, 0.15) is 25.6 Å². The van der Waals surface area contributed by atoms with Gasteiger partial charge in [-0.25, -0.2) is 0 Å². The van der Waals surface area contributed by atoms with E-state index >= 15 is 0 Å². The van der Waals surface area contributed by atoms with Crippen molar-refractivity contribution in [2.24, 2.45) is 0 Å². The minimum atomic E-state index is -0.279. The lowest BCUT2D eigenvalue weighted by Crippen LogP contribution is -2.44. The Hall–Kier alpha value is -4.18. The summed E-state index contributed by atoms with van der Waals surface area (Å²) in [5.74, 6) is -0.0447. The summed E-state index contributed by atoms with van der Waals surface area (Å²) >= 11 is 7.60. The molecule has 0 radical (unpaired) electrons. The maximum Gasteiger partial charge on any atom is 0.265 e. The van der Waals surface area contributed by atoms with E-state index in [2.05, 4.69) is 32.4 Å². The molecule has 1 saturated heterocycles. The largest absolute Gasteiger partial charge is 0.369 e. The van der Waals surface area contributed by atoms with Crippen LogP contribution >= 0.6 is 22.9 Å². The molecule has 0 atom stereocenters. The number of likely N-dealkylation sites (N-methyl/N-ethyl adjacent to an activating group) is 1. The highest BCUT2D eigenvalue weighted by atomic mass is 35.5. The molecule has 2 N–H and O–H groups in total. The molecular weight excluding hydrogens is 556 g/mol. The van der Waals surface area contributed by atoms with Gasteiger partial charge in [-0.3, -0.25) is 19.6 Å². The van der Waals surface area contributed by atoms with Crippen molar-refractivity contribution in [1.82, 2.24) is 15.1 Å². The number of carbonyl (C=O) groups is 2. The Kier molecular flexibility index (Phi) is 7.49. The van der Waals surface area contributed by atoms with Crippen LogP contribution in [0.15, 0.2) is 78.9 Å². The molecule has 1 aliphatic heterocycles. The summed E-state index contributed by atoms with van der Waals surface area (Å²) in [6.45, 7) is 5.82. The monoisotopic (exact) mass is 584 g/mol. The Labute approximate surface area is 247 Å². The normalized spacial score (nSPS) is 13.9. The summed E-state index contributed by atoms with van der Waals surface area (Å²) < 4.78 is 0.706. The number of aromatic amines is 1. The van der Waals surface area contributed by atoms with Crippen LogP contribution in [-0.2, 0) is 0 Å². The van der Waals surface area contributed by atoms with Crippen molar-refractivity contribution in [3.8, 4) is 0 Å². The number of hydrogen-bond acceptors (Lipinski definition) is 6. The maximum atomic E-state index is 14.0. The molecule has 0 spiro atoms. The van der Waals surface area contributed by atoms with Crippen LogP contribution in [0.3, 0.4) is 0 Å². The van der Waals surface area contributed by atoms with Crippen LogP contribution in [0, 0.1) is 6.92 Å². The highest BCUT2D eigenvalue weighted by Gasteiger charge is 2.27. The minimum absolute atomic E-state index is 0.208. The quantitative estimate of drug-likeness (QED) is 0.236. The Morgan fingerprint density at radius 1 is 0.976 bits per heavy atom. The van der Waals surface area contributed by atoms with Gasteiger partial charge in [-0.15, -0.1) is 11.3 Å². The van der Waals surface area contributed by atoms with E-state index in [1.54, 1.807) is 17.0 Å². The maximum absolute atomic E-state index is 14.0. The van der Waals surface area contributed by atoms with E-state index in [9.17, 15) is 9.59 Å². The first kappa shape index (κ1) is 27.0. The number of amides is 2. The zero-order chi connectivity index (χ0) is 28.5. The van der Waals surface area contributed by atoms with E-state index in [4.69, 9.17) is 11.6 Å². The predicted molar refractivity (Wildman–Crippen MR) is 167 cm³/mol. The molecular formula is C31H29ClN6O2S. The van der Waals surface area contributed by atoms with Crippen LogP contribution in [-0.4, -0.2) is 60.1 Å². The molecule has 10 heteroatoms. The van der Waals surface area contributed by atoms with E-state index in [-0.39, 0.29) is 11.8 Å². The topological polar surface area (TPSA) is 84.6 Å². The zero-order valence-electron chi connectivity index (χ0n) is 22.7. The molecule has 5 aromatic rings. The van der Waals surface area contributed by atoms with Crippen LogP contribution in [0.25, 0.3) is 10.2 Å². The molecule has 3 aromatic carbocycles. The average molecular weight is 585 g/mol. The molecule has 1 fully saturated rings. The van der Waals surface area contributed by atoms with Gasteiger partial charge in [0.25, 0.3) is 11.8 Å². The van der Waals surface area contributed by atoms with Gasteiger partial charge in [-0.05, 0) is 68.1 Å². The van der Waals surface area contributed by atoms with Gasteiger partial charge in [0.1, 0.15) is 0 Å². The van der Waals surface area contributed by atoms with E-state index in [0.29, 0.717) is 42.9 Å². The van der Waals surface area contributed by atoms with Gasteiger partial charge < -0.3 is 15.1 Å². The first-order valence-electron chi connectivity index (χ1n) is 13.4. The fourth-order valence-corrected chi connectivity index (χ4v) is 6.21. The standard InChI is InChI=1S/C31H29ClN6O2S/c1-20-7-6-10-24(32)27(20)33-30(39)26-19-25-28(41-26)29(35-34-25)38(23-8-4-3-5-9-23)31(40)21-11-13-22(14-12-21)37-17-15-36(2)16-18-37/h3-14,19H,15-18H2,1-2H3,(H,33,39)(H,34,35). The zero-order valence-corrected chi connectivity index (χ0v) is 24.3. The van der Waals surface area contributed by atoms with Gasteiger partial charge in [-0.1, -0.05) is 41.9 Å². The third-order valence-corrected chi connectivity index (χ3v) is 8.76. The Bertz CT molecular complexity index is 1690. The number of H-pyrrole nitrogens is 1. The van der Waals surface area contributed by atoms with Gasteiger partial charge in [0.05, 0.1) is 31.5 Å². The van der Waals surface area contributed by atoms with Crippen LogP contribution in [0.4, 0.5) is 22.9 Å². The first-order chi connectivity index (χ1) is 19.9.